The van der Waals surface area contributed by atoms with E-state index in [4.69, 9.17) is 4.74 Å². The van der Waals surface area contributed by atoms with Gasteiger partial charge in [-0.1, -0.05) is 24.6 Å². The summed E-state index contributed by atoms with van der Waals surface area (Å²) in [5.74, 6) is -0.553. The first-order chi connectivity index (χ1) is 8.66. The Morgan fingerprint density at radius 3 is 2.50 bits per heavy atom. The normalized spacial score (nSPS) is 16.5. The maximum atomic E-state index is 11.8. The summed E-state index contributed by atoms with van der Waals surface area (Å²) in [6.45, 7) is 1.59. The number of esters is 1. The molecule has 1 atom stereocenters. The summed E-state index contributed by atoms with van der Waals surface area (Å²) in [5.41, 5.74) is 0.703. The number of amides is 1. The van der Waals surface area contributed by atoms with E-state index in [2.05, 4.69) is 5.32 Å². The third-order valence-electron chi connectivity index (χ3n) is 3.14. The molecule has 0 bridgehead atoms. The van der Waals surface area contributed by atoms with Crippen LogP contribution < -0.4 is 5.32 Å². The standard InChI is InChI=1S/C14H17NO3/c1-10(18-14(17)11-6-5-7-11)13(16)15-12-8-3-2-4-9-12/h2-4,8-11H,5-7H2,1H3,(H,15,16)/t10-/m0/s1. The minimum absolute atomic E-state index is 0.00280. The molecule has 0 heterocycles. The quantitative estimate of drug-likeness (QED) is 0.831. The summed E-state index contributed by atoms with van der Waals surface area (Å²) in [6, 6.07) is 9.12. The van der Waals surface area contributed by atoms with Crippen LogP contribution >= 0.6 is 0 Å². The van der Waals surface area contributed by atoms with Crippen LogP contribution in [0.25, 0.3) is 0 Å². The molecule has 1 amide bonds. The van der Waals surface area contributed by atoms with E-state index in [9.17, 15) is 9.59 Å². The van der Waals surface area contributed by atoms with Gasteiger partial charge in [-0.05, 0) is 31.9 Å². The van der Waals surface area contributed by atoms with Gasteiger partial charge in [-0.2, -0.15) is 0 Å². The fourth-order valence-electron chi connectivity index (χ4n) is 1.73. The van der Waals surface area contributed by atoms with Gasteiger partial charge in [0.15, 0.2) is 6.10 Å². The highest BCUT2D eigenvalue weighted by Crippen LogP contribution is 2.27. The lowest BCUT2D eigenvalue weighted by Crippen LogP contribution is -2.34. The first-order valence-corrected chi connectivity index (χ1v) is 6.23. The fourth-order valence-corrected chi connectivity index (χ4v) is 1.73. The van der Waals surface area contributed by atoms with Gasteiger partial charge in [0.2, 0.25) is 0 Å². The summed E-state index contributed by atoms with van der Waals surface area (Å²) in [5, 5.41) is 2.71. The minimum Gasteiger partial charge on any atom is -0.452 e. The molecule has 1 aromatic carbocycles. The largest absolute Gasteiger partial charge is 0.452 e. The Hall–Kier alpha value is -1.84. The van der Waals surface area contributed by atoms with Crippen molar-refractivity contribution in [3.63, 3.8) is 0 Å². The van der Waals surface area contributed by atoms with Crippen molar-refractivity contribution >= 4 is 17.6 Å². The SMILES string of the molecule is C[C@H](OC(=O)C1CCC1)C(=O)Nc1ccccc1. The first-order valence-electron chi connectivity index (χ1n) is 6.23. The van der Waals surface area contributed by atoms with E-state index >= 15 is 0 Å². The number of carbonyl (C=O) groups excluding carboxylic acids is 2. The second-order valence-electron chi connectivity index (χ2n) is 4.56. The van der Waals surface area contributed by atoms with Gasteiger partial charge in [0.1, 0.15) is 0 Å². The van der Waals surface area contributed by atoms with Crippen LogP contribution in [-0.4, -0.2) is 18.0 Å². The van der Waals surface area contributed by atoms with Crippen LogP contribution in [0.2, 0.25) is 0 Å². The van der Waals surface area contributed by atoms with Crippen LogP contribution in [0, 0.1) is 5.92 Å². The Labute approximate surface area is 106 Å². The summed E-state index contributed by atoms with van der Waals surface area (Å²) in [7, 11) is 0. The predicted octanol–water partition coefficient (Wildman–Crippen LogP) is 2.36. The van der Waals surface area contributed by atoms with E-state index < -0.39 is 6.10 Å². The van der Waals surface area contributed by atoms with Crippen molar-refractivity contribution < 1.29 is 14.3 Å². The van der Waals surface area contributed by atoms with Crippen molar-refractivity contribution in [3.05, 3.63) is 30.3 Å². The van der Waals surface area contributed by atoms with Crippen molar-refractivity contribution in [1.82, 2.24) is 0 Å². The van der Waals surface area contributed by atoms with Gasteiger partial charge in [-0.15, -0.1) is 0 Å². The third kappa shape index (κ3) is 3.09. The zero-order valence-corrected chi connectivity index (χ0v) is 10.4. The highest BCUT2D eigenvalue weighted by molar-refractivity contribution is 5.95. The Balaban J connectivity index is 1.83. The van der Waals surface area contributed by atoms with Crippen molar-refractivity contribution in [1.29, 1.82) is 0 Å². The second-order valence-corrected chi connectivity index (χ2v) is 4.56. The summed E-state index contributed by atoms with van der Waals surface area (Å²) < 4.78 is 5.14. The zero-order chi connectivity index (χ0) is 13.0. The van der Waals surface area contributed by atoms with Crippen molar-refractivity contribution in [2.45, 2.75) is 32.3 Å². The molecule has 18 heavy (non-hydrogen) atoms. The van der Waals surface area contributed by atoms with E-state index in [0.29, 0.717) is 5.69 Å². The van der Waals surface area contributed by atoms with E-state index in [1.165, 1.54) is 0 Å². The molecule has 0 aliphatic heterocycles. The Morgan fingerprint density at radius 1 is 1.28 bits per heavy atom. The number of carbonyl (C=O) groups is 2. The van der Waals surface area contributed by atoms with E-state index in [0.717, 1.165) is 19.3 Å². The molecule has 1 saturated carbocycles. The number of benzene rings is 1. The topological polar surface area (TPSA) is 55.4 Å². The highest BCUT2D eigenvalue weighted by atomic mass is 16.5. The van der Waals surface area contributed by atoms with Crippen molar-refractivity contribution in [3.8, 4) is 0 Å². The fraction of sp³-hybridized carbons (Fsp3) is 0.429. The number of rotatable bonds is 4. The van der Waals surface area contributed by atoms with Crippen LogP contribution in [0.4, 0.5) is 5.69 Å². The third-order valence-corrected chi connectivity index (χ3v) is 3.14. The molecular weight excluding hydrogens is 230 g/mol. The first kappa shape index (κ1) is 12.6. The molecule has 1 fully saturated rings. The minimum atomic E-state index is -0.752. The molecule has 1 aliphatic rings. The molecule has 0 unspecified atom stereocenters. The van der Waals surface area contributed by atoms with E-state index in [1.807, 2.05) is 18.2 Å². The average Bonchev–Trinajstić information content (AvgIpc) is 2.27. The molecule has 0 aromatic heterocycles. The molecule has 1 N–H and O–H groups in total. The number of anilines is 1. The number of ether oxygens (including phenoxy) is 1. The molecule has 4 nitrogen and oxygen atoms in total. The van der Waals surface area contributed by atoms with Gasteiger partial charge in [-0.3, -0.25) is 9.59 Å². The van der Waals surface area contributed by atoms with Gasteiger partial charge in [0.25, 0.3) is 5.91 Å². The number of hydrogen-bond donors (Lipinski definition) is 1. The van der Waals surface area contributed by atoms with Crippen LogP contribution in [0.3, 0.4) is 0 Å². The molecule has 0 radical (unpaired) electrons. The Morgan fingerprint density at radius 2 is 1.94 bits per heavy atom. The van der Waals surface area contributed by atoms with E-state index in [-0.39, 0.29) is 17.8 Å². The number of para-hydroxylation sites is 1. The average molecular weight is 247 g/mol. The molecule has 0 saturated heterocycles. The molecule has 2 rings (SSSR count). The Bertz CT molecular complexity index is 426. The molecule has 1 aromatic rings. The number of nitrogens with one attached hydrogen (secondary N) is 1. The molecule has 0 spiro atoms. The summed E-state index contributed by atoms with van der Waals surface area (Å²) in [6.07, 6.45) is 2.08. The lowest BCUT2D eigenvalue weighted by molar-refractivity contribution is -0.159. The zero-order valence-electron chi connectivity index (χ0n) is 10.4. The summed E-state index contributed by atoms with van der Waals surface area (Å²) in [4.78, 5) is 23.4. The highest BCUT2D eigenvalue weighted by Gasteiger charge is 2.29. The molecule has 1 aliphatic carbocycles. The van der Waals surface area contributed by atoms with Crippen LogP contribution in [0.1, 0.15) is 26.2 Å². The molecule has 4 heteroatoms. The van der Waals surface area contributed by atoms with Crippen LogP contribution in [0.5, 0.6) is 0 Å². The van der Waals surface area contributed by atoms with Crippen LogP contribution in [0.15, 0.2) is 30.3 Å². The van der Waals surface area contributed by atoms with Gasteiger partial charge >= 0.3 is 5.97 Å². The maximum Gasteiger partial charge on any atom is 0.309 e. The van der Waals surface area contributed by atoms with E-state index in [1.54, 1.807) is 19.1 Å². The lowest BCUT2D eigenvalue weighted by Gasteiger charge is -2.24. The van der Waals surface area contributed by atoms with Crippen molar-refractivity contribution in [2.75, 3.05) is 5.32 Å². The molecule has 96 valence electrons. The van der Waals surface area contributed by atoms with Crippen LogP contribution in [-0.2, 0) is 14.3 Å². The summed E-state index contributed by atoms with van der Waals surface area (Å²) >= 11 is 0. The Kier molecular flexibility index (Phi) is 3.97. The van der Waals surface area contributed by atoms with Gasteiger partial charge < -0.3 is 10.1 Å². The number of hydrogen-bond acceptors (Lipinski definition) is 3. The maximum absolute atomic E-state index is 11.8. The van der Waals surface area contributed by atoms with Gasteiger partial charge in [-0.25, -0.2) is 0 Å². The van der Waals surface area contributed by atoms with Gasteiger partial charge in [0.05, 0.1) is 5.92 Å². The molecular formula is C14H17NO3. The monoisotopic (exact) mass is 247 g/mol. The smallest absolute Gasteiger partial charge is 0.309 e. The van der Waals surface area contributed by atoms with Crippen molar-refractivity contribution in [2.24, 2.45) is 5.92 Å². The predicted molar refractivity (Wildman–Crippen MR) is 68.0 cm³/mol. The second kappa shape index (κ2) is 5.67. The van der Waals surface area contributed by atoms with Gasteiger partial charge in [0, 0.05) is 5.69 Å². The lowest BCUT2D eigenvalue weighted by atomic mass is 9.86.